The molecule has 0 aliphatic carbocycles. The van der Waals surface area contributed by atoms with Crippen LogP contribution in [0.5, 0.6) is 0 Å². The summed E-state index contributed by atoms with van der Waals surface area (Å²) < 4.78 is 11.6. The van der Waals surface area contributed by atoms with Gasteiger partial charge in [-0.05, 0) is 0 Å². The van der Waals surface area contributed by atoms with Gasteiger partial charge in [-0.3, -0.25) is 0 Å². The molecule has 16 heavy (non-hydrogen) atoms. The molecule has 0 atom stereocenters. The zero-order chi connectivity index (χ0) is 12.7. The molecular formula is C11H21O4Ti. The zero-order valence-corrected chi connectivity index (χ0v) is 12.3. The van der Waals surface area contributed by atoms with Gasteiger partial charge in [-0.25, -0.2) is 0 Å². The first-order chi connectivity index (χ1) is 7.31. The number of carbonyl (C=O) groups excluding carboxylic acids is 2. The van der Waals surface area contributed by atoms with Gasteiger partial charge in [-0.1, -0.05) is 0 Å². The molecule has 0 radical (unpaired) electrons. The Morgan fingerprint density at radius 1 is 1.06 bits per heavy atom. The van der Waals surface area contributed by atoms with Gasteiger partial charge in [0.1, 0.15) is 0 Å². The summed E-state index contributed by atoms with van der Waals surface area (Å²) in [6, 6.07) is 0. The van der Waals surface area contributed by atoms with Gasteiger partial charge in [0.25, 0.3) is 0 Å². The topological polar surface area (TPSA) is 52.6 Å². The first-order valence-corrected chi connectivity index (χ1v) is 7.89. The predicted molar refractivity (Wildman–Crippen MR) is 57.6 cm³/mol. The Hall–Kier alpha value is -0.0257. The quantitative estimate of drug-likeness (QED) is 0.499. The summed E-state index contributed by atoms with van der Waals surface area (Å²) in [5, 5.41) is 0. The van der Waals surface area contributed by atoms with Crippen LogP contribution in [0.25, 0.3) is 0 Å². The fraction of sp³-hybridized carbons (Fsp3) is 0.818. The van der Waals surface area contributed by atoms with Gasteiger partial charge in [0.2, 0.25) is 0 Å². The fourth-order valence-corrected chi connectivity index (χ4v) is 3.83. The molecule has 0 amide bonds. The van der Waals surface area contributed by atoms with Crippen LogP contribution in [0.15, 0.2) is 0 Å². The predicted octanol–water partition coefficient (Wildman–Crippen LogP) is 2.25. The van der Waals surface area contributed by atoms with E-state index in [4.69, 9.17) is 6.64 Å². The third-order valence-corrected chi connectivity index (χ3v) is 4.88. The summed E-state index contributed by atoms with van der Waals surface area (Å²) in [4.78, 5) is 22.3. The van der Waals surface area contributed by atoms with Gasteiger partial charge in [0.15, 0.2) is 0 Å². The van der Waals surface area contributed by atoms with Gasteiger partial charge >= 0.3 is 104 Å². The van der Waals surface area contributed by atoms with Gasteiger partial charge in [-0.15, -0.1) is 0 Å². The van der Waals surface area contributed by atoms with Crippen LogP contribution in [0.4, 0.5) is 0 Å². The second-order valence-electron chi connectivity index (χ2n) is 4.30. The molecule has 0 aromatic rings. The van der Waals surface area contributed by atoms with Crippen molar-refractivity contribution in [3.05, 3.63) is 0 Å². The molecular weight excluding hydrogens is 244 g/mol. The molecule has 0 bridgehead atoms. The Morgan fingerprint density at radius 2 is 1.50 bits per heavy atom. The maximum absolute atomic E-state index is 11.5. The van der Waals surface area contributed by atoms with Crippen LogP contribution in [-0.2, 0) is 34.9 Å². The van der Waals surface area contributed by atoms with Crippen molar-refractivity contribution in [2.75, 3.05) is 0 Å². The van der Waals surface area contributed by atoms with Crippen LogP contribution in [0.1, 0.15) is 41.0 Å². The third-order valence-electron chi connectivity index (χ3n) is 1.52. The van der Waals surface area contributed by atoms with E-state index in [1.54, 1.807) is 0 Å². The van der Waals surface area contributed by atoms with E-state index in [0.717, 1.165) is 0 Å². The Kier molecular flexibility index (Phi) is 8.11. The molecule has 5 heteroatoms. The van der Waals surface area contributed by atoms with Crippen LogP contribution in [0.3, 0.4) is 0 Å². The molecule has 0 heterocycles. The molecule has 0 saturated heterocycles. The van der Waals surface area contributed by atoms with Gasteiger partial charge in [0, 0.05) is 0 Å². The summed E-state index contributed by atoms with van der Waals surface area (Å²) in [5.41, 5.74) is 0. The van der Waals surface area contributed by atoms with Gasteiger partial charge in [-0.2, -0.15) is 0 Å². The van der Waals surface area contributed by atoms with Gasteiger partial charge in [0.05, 0.1) is 0 Å². The zero-order valence-electron chi connectivity index (χ0n) is 10.7. The minimum absolute atomic E-state index is 0.000585. The number of hydrogen-bond donors (Lipinski definition) is 0. The molecule has 0 N–H and O–H groups in total. The SMILES string of the molecule is CC(=O)CC(=O)[CH2][Ti]([O]C(C)C)[O]C(C)C. The molecule has 4 nitrogen and oxygen atoms in total. The second kappa shape index (κ2) is 8.12. The van der Waals surface area contributed by atoms with E-state index in [2.05, 4.69) is 0 Å². The van der Waals surface area contributed by atoms with Crippen LogP contribution >= 0.6 is 0 Å². The van der Waals surface area contributed by atoms with Crippen molar-refractivity contribution >= 4 is 11.6 Å². The molecule has 93 valence electrons. The summed E-state index contributed by atoms with van der Waals surface area (Å²) in [7, 11) is 0. The van der Waals surface area contributed by atoms with Crippen molar-refractivity contribution in [2.24, 2.45) is 0 Å². The summed E-state index contributed by atoms with van der Waals surface area (Å²) in [6.45, 7) is 9.11. The van der Waals surface area contributed by atoms with E-state index in [0.29, 0.717) is 4.73 Å². The molecule has 0 spiro atoms. The average molecular weight is 265 g/mol. The van der Waals surface area contributed by atoms with E-state index >= 15 is 0 Å². The Morgan fingerprint density at radius 3 is 1.81 bits per heavy atom. The summed E-state index contributed by atoms with van der Waals surface area (Å²) in [5.74, 6) is -0.166. The number of carbonyl (C=O) groups is 2. The third kappa shape index (κ3) is 9.22. The van der Waals surface area contributed by atoms with E-state index in [9.17, 15) is 9.59 Å². The molecule has 0 fully saturated rings. The van der Waals surface area contributed by atoms with Crippen LogP contribution in [0, 0.1) is 0 Å². The molecule has 0 aliphatic heterocycles. The number of hydrogen-bond acceptors (Lipinski definition) is 4. The van der Waals surface area contributed by atoms with E-state index in [1.807, 2.05) is 27.7 Å². The van der Waals surface area contributed by atoms with Crippen molar-refractivity contribution in [3.8, 4) is 0 Å². The number of Topliss-reactive ketones (excluding diaryl/α,β-unsaturated/α-hetero) is 2. The van der Waals surface area contributed by atoms with Crippen LogP contribution in [0.2, 0.25) is 4.73 Å². The first kappa shape index (κ1) is 16.0. The molecule has 0 unspecified atom stereocenters. The Labute approximate surface area is 104 Å². The van der Waals surface area contributed by atoms with Crippen molar-refractivity contribution in [1.82, 2.24) is 0 Å². The van der Waals surface area contributed by atoms with Crippen molar-refractivity contribution in [2.45, 2.75) is 58.0 Å². The molecule has 0 aromatic heterocycles. The summed E-state index contributed by atoms with van der Waals surface area (Å²) >= 11 is -2.25. The monoisotopic (exact) mass is 265 g/mol. The minimum atomic E-state index is -2.25. The maximum atomic E-state index is 11.5. The fourth-order valence-electron chi connectivity index (χ4n) is 1.14. The summed E-state index contributed by atoms with van der Waals surface area (Å²) in [6.07, 6.45) is 0.136. The standard InChI is InChI=1S/C5H7O2.2C3H7O.Ti/c1-4(6)3-5(2)7;2*1-3(2)4;/h1,3H2,2H3;2*3H,1-2H3;/q;2*-1;+2. The van der Waals surface area contributed by atoms with E-state index < -0.39 is 18.6 Å². The van der Waals surface area contributed by atoms with E-state index in [1.165, 1.54) is 6.92 Å². The van der Waals surface area contributed by atoms with Crippen LogP contribution < -0.4 is 0 Å². The number of rotatable bonds is 8. The van der Waals surface area contributed by atoms with Crippen molar-refractivity contribution in [1.29, 1.82) is 0 Å². The van der Waals surface area contributed by atoms with Crippen molar-refractivity contribution in [3.63, 3.8) is 0 Å². The average Bonchev–Trinajstić information content (AvgIpc) is 1.97. The molecule has 0 rings (SSSR count). The van der Waals surface area contributed by atoms with Crippen LogP contribution in [-0.4, -0.2) is 23.8 Å². The molecule has 0 aliphatic rings. The molecule has 0 aromatic carbocycles. The second-order valence-corrected chi connectivity index (χ2v) is 6.75. The van der Waals surface area contributed by atoms with Gasteiger partial charge < -0.3 is 0 Å². The Balaban J connectivity index is 4.18. The molecule has 0 saturated carbocycles. The Bertz CT molecular complexity index is 228. The number of ketones is 2. The van der Waals surface area contributed by atoms with Crippen molar-refractivity contribution < 1.29 is 34.9 Å². The first-order valence-electron chi connectivity index (χ1n) is 5.51. The van der Waals surface area contributed by atoms with E-state index in [-0.39, 0.29) is 30.2 Å². The normalized spacial score (nSPS) is 10.9.